The van der Waals surface area contributed by atoms with Crippen LogP contribution in [0.15, 0.2) is 40.8 Å². The Morgan fingerprint density at radius 2 is 2.06 bits per heavy atom. The van der Waals surface area contributed by atoms with Gasteiger partial charge in [0.2, 0.25) is 0 Å². The molecule has 0 unspecified atom stereocenters. The van der Waals surface area contributed by atoms with Crippen molar-refractivity contribution >= 4 is 5.78 Å². The first kappa shape index (κ1) is 10.5. The van der Waals surface area contributed by atoms with Gasteiger partial charge in [-0.15, -0.1) is 0 Å². The minimum Gasteiger partial charge on any atom is -0.497 e. The van der Waals surface area contributed by atoms with Gasteiger partial charge in [-0.2, -0.15) is 0 Å². The molecule has 0 aliphatic carbocycles. The third-order valence-electron chi connectivity index (χ3n) is 2.31. The summed E-state index contributed by atoms with van der Waals surface area (Å²) in [4.78, 5) is 11.1. The van der Waals surface area contributed by atoms with E-state index >= 15 is 0 Å². The van der Waals surface area contributed by atoms with E-state index in [1.165, 1.54) is 6.92 Å². The molecule has 2 rings (SSSR count). The number of hydrogen-bond donors (Lipinski definition) is 0. The van der Waals surface area contributed by atoms with E-state index in [4.69, 9.17) is 9.15 Å². The molecule has 0 saturated carbocycles. The second-order valence-corrected chi connectivity index (χ2v) is 3.45. The summed E-state index contributed by atoms with van der Waals surface area (Å²) < 4.78 is 10.5. The first-order chi connectivity index (χ1) is 7.70. The molecule has 1 aromatic heterocycles. The molecule has 0 bridgehead atoms. The first-order valence-corrected chi connectivity index (χ1v) is 4.96. The summed E-state index contributed by atoms with van der Waals surface area (Å²) in [5.74, 6) is 1.73. The van der Waals surface area contributed by atoms with Gasteiger partial charge in [-0.1, -0.05) is 12.1 Å². The highest BCUT2D eigenvalue weighted by Gasteiger charge is 2.08. The molecule has 3 nitrogen and oxygen atoms in total. The predicted molar refractivity (Wildman–Crippen MR) is 60.7 cm³/mol. The van der Waals surface area contributed by atoms with E-state index in [1.54, 1.807) is 19.2 Å². The second kappa shape index (κ2) is 4.23. The van der Waals surface area contributed by atoms with Crippen molar-refractivity contribution in [3.05, 3.63) is 42.2 Å². The highest BCUT2D eigenvalue weighted by Crippen LogP contribution is 2.25. The largest absolute Gasteiger partial charge is 0.497 e. The van der Waals surface area contributed by atoms with Gasteiger partial charge in [0.1, 0.15) is 11.5 Å². The Morgan fingerprint density at radius 3 is 2.69 bits per heavy atom. The number of ether oxygens (including phenoxy) is 1. The molecule has 2 aromatic rings. The van der Waals surface area contributed by atoms with Crippen LogP contribution in [-0.4, -0.2) is 12.9 Å². The summed E-state index contributed by atoms with van der Waals surface area (Å²) >= 11 is 0. The van der Waals surface area contributed by atoms with Crippen LogP contribution in [0, 0.1) is 0 Å². The van der Waals surface area contributed by atoms with Gasteiger partial charge in [0.25, 0.3) is 0 Å². The van der Waals surface area contributed by atoms with Crippen LogP contribution in [0.2, 0.25) is 0 Å². The molecule has 82 valence electrons. The maximum Gasteiger partial charge on any atom is 0.194 e. The molecule has 0 atom stereocenters. The zero-order valence-corrected chi connectivity index (χ0v) is 9.19. The smallest absolute Gasteiger partial charge is 0.194 e. The van der Waals surface area contributed by atoms with E-state index in [2.05, 4.69) is 0 Å². The summed E-state index contributed by atoms with van der Waals surface area (Å²) in [5.41, 5.74) is 0.895. The topological polar surface area (TPSA) is 39.4 Å². The molecule has 0 aliphatic heterocycles. The molecule has 0 fully saturated rings. The quantitative estimate of drug-likeness (QED) is 0.740. The fraction of sp³-hybridized carbons (Fsp3) is 0.154. The number of rotatable bonds is 3. The van der Waals surface area contributed by atoms with Crippen molar-refractivity contribution in [2.75, 3.05) is 7.11 Å². The molecular weight excluding hydrogens is 204 g/mol. The standard InChI is InChI=1S/C13H12O3/c1-9(14)12-6-7-13(16-12)10-4-3-5-11(8-10)15-2/h3-8H,1-2H3. The summed E-state index contributed by atoms with van der Waals surface area (Å²) in [6.45, 7) is 1.48. The van der Waals surface area contributed by atoms with Gasteiger partial charge in [-0.25, -0.2) is 0 Å². The van der Waals surface area contributed by atoms with Crippen LogP contribution in [0.3, 0.4) is 0 Å². The van der Waals surface area contributed by atoms with Crippen LogP contribution < -0.4 is 4.74 Å². The number of Topliss-reactive ketones (excluding diaryl/α,β-unsaturated/α-hetero) is 1. The average molecular weight is 216 g/mol. The number of carbonyl (C=O) groups is 1. The molecule has 0 aliphatic rings. The van der Waals surface area contributed by atoms with Crippen LogP contribution >= 0.6 is 0 Å². The Balaban J connectivity index is 2.38. The highest BCUT2D eigenvalue weighted by molar-refractivity contribution is 5.91. The number of methoxy groups -OCH3 is 1. The van der Waals surface area contributed by atoms with Crippen molar-refractivity contribution in [3.63, 3.8) is 0 Å². The maximum atomic E-state index is 11.1. The SMILES string of the molecule is COc1cccc(-c2ccc(C(C)=O)o2)c1. The van der Waals surface area contributed by atoms with E-state index in [9.17, 15) is 4.79 Å². The number of furan rings is 1. The van der Waals surface area contributed by atoms with Crippen molar-refractivity contribution in [2.24, 2.45) is 0 Å². The Bertz CT molecular complexity index is 511. The molecule has 0 radical (unpaired) electrons. The van der Waals surface area contributed by atoms with Gasteiger partial charge >= 0.3 is 0 Å². The molecule has 1 aromatic carbocycles. The maximum absolute atomic E-state index is 11.1. The van der Waals surface area contributed by atoms with Gasteiger partial charge in [-0.05, 0) is 24.3 Å². The molecule has 0 saturated heterocycles. The normalized spacial score (nSPS) is 10.1. The second-order valence-electron chi connectivity index (χ2n) is 3.45. The summed E-state index contributed by atoms with van der Waals surface area (Å²) in [5, 5.41) is 0. The predicted octanol–water partition coefficient (Wildman–Crippen LogP) is 3.16. The molecule has 0 amide bonds. The number of ketones is 1. The van der Waals surface area contributed by atoms with Gasteiger partial charge in [0, 0.05) is 12.5 Å². The van der Waals surface area contributed by atoms with Crippen molar-refractivity contribution in [1.29, 1.82) is 0 Å². The highest BCUT2D eigenvalue weighted by atomic mass is 16.5. The Hall–Kier alpha value is -2.03. The van der Waals surface area contributed by atoms with Gasteiger partial charge in [-0.3, -0.25) is 4.79 Å². The minimum absolute atomic E-state index is 0.0749. The van der Waals surface area contributed by atoms with Gasteiger partial charge in [0.05, 0.1) is 7.11 Å². The monoisotopic (exact) mass is 216 g/mol. The van der Waals surface area contributed by atoms with Gasteiger partial charge < -0.3 is 9.15 Å². The van der Waals surface area contributed by atoms with E-state index in [0.717, 1.165) is 11.3 Å². The summed E-state index contributed by atoms with van der Waals surface area (Å²) in [7, 11) is 1.61. The van der Waals surface area contributed by atoms with Crippen LogP contribution in [-0.2, 0) is 0 Å². The van der Waals surface area contributed by atoms with Crippen LogP contribution in [0.25, 0.3) is 11.3 Å². The first-order valence-electron chi connectivity index (χ1n) is 4.96. The third-order valence-corrected chi connectivity index (χ3v) is 2.31. The van der Waals surface area contributed by atoms with E-state index in [-0.39, 0.29) is 5.78 Å². The molecule has 16 heavy (non-hydrogen) atoms. The van der Waals surface area contributed by atoms with Crippen LogP contribution in [0.5, 0.6) is 5.75 Å². The Morgan fingerprint density at radius 1 is 1.25 bits per heavy atom. The van der Waals surface area contributed by atoms with Crippen molar-refractivity contribution in [1.82, 2.24) is 0 Å². The van der Waals surface area contributed by atoms with Crippen molar-refractivity contribution in [3.8, 4) is 17.1 Å². The molecule has 0 spiro atoms. The lowest BCUT2D eigenvalue weighted by molar-refractivity contribution is 0.0988. The number of benzene rings is 1. The number of hydrogen-bond acceptors (Lipinski definition) is 3. The van der Waals surface area contributed by atoms with Gasteiger partial charge in [0.15, 0.2) is 11.5 Å². The summed E-state index contributed by atoms with van der Waals surface area (Å²) in [6, 6.07) is 11.0. The molecular formula is C13H12O3. The van der Waals surface area contributed by atoms with Crippen LogP contribution in [0.1, 0.15) is 17.5 Å². The fourth-order valence-corrected chi connectivity index (χ4v) is 1.46. The zero-order chi connectivity index (χ0) is 11.5. The van der Waals surface area contributed by atoms with Crippen molar-refractivity contribution in [2.45, 2.75) is 6.92 Å². The van der Waals surface area contributed by atoms with E-state index < -0.39 is 0 Å². The Labute approximate surface area is 93.7 Å². The minimum atomic E-state index is -0.0749. The summed E-state index contributed by atoms with van der Waals surface area (Å²) in [6.07, 6.45) is 0. The fourth-order valence-electron chi connectivity index (χ4n) is 1.46. The average Bonchev–Trinajstić information content (AvgIpc) is 2.78. The van der Waals surface area contributed by atoms with Crippen molar-refractivity contribution < 1.29 is 13.9 Å². The molecule has 1 heterocycles. The van der Waals surface area contributed by atoms with Crippen LogP contribution in [0.4, 0.5) is 0 Å². The lowest BCUT2D eigenvalue weighted by atomic mass is 10.1. The zero-order valence-electron chi connectivity index (χ0n) is 9.19. The lowest BCUT2D eigenvalue weighted by Gasteiger charge is -2.01. The lowest BCUT2D eigenvalue weighted by Crippen LogP contribution is -1.86. The molecule has 3 heteroatoms. The third kappa shape index (κ3) is 1.98. The van der Waals surface area contributed by atoms with E-state index in [0.29, 0.717) is 11.5 Å². The van der Waals surface area contributed by atoms with E-state index in [1.807, 2.05) is 24.3 Å². The Kier molecular flexibility index (Phi) is 2.77. The number of carbonyl (C=O) groups excluding carboxylic acids is 1. The molecule has 0 N–H and O–H groups in total.